The van der Waals surface area contributed by atoms with E-state index in [0.29, 0.717) is 0 Å². The molecule has 0 unspecified atom stereocenters. The predicted molar refractivity (Wildman–Crippen MR) is 240 cm³/mol. The van der Waals surface area contributed by atoms with Gasteiger partial charge in [-0.05, 0) is 103 Å². The first-order valence-electron chi connectivity index (χ1n) is 19.8. The van der Waals surface area contributed by atoms with Crippen molar-refractivity contribution < 1.29 is 4.42 Å². The average molecular weight is 730 g/mol. The van der Waals surface area contributed by atoms with E-state index in [1.54, 1.807) is 0 Å². The summed E-state index contributed by atoms with van der Waals surface area (Å²) in [6.07, 6.45) is 0. The molecule has 0 aliphatic heterocycles. The summed E-state index contributed by atoms with van der Waals surface area (Å²) in [6, 6.07) is 72.6. The van der Waals surface area contributed by atoms with Gasteiger partial charge in [-0.1, -0.05) is 172 Å². The third-order valence-electron chi connectivity index (χ3n) is 12.1. The number of furan rings is 1. The minimum absolute atomic E-state index is 0.0935. The van der Waals surface area contributed by atoms with Crippen LogP contribution in [0.5, 0.6) is 0 Å². The lowest BCUT2D eigenvalue weighted by Gasteiger charge is -2.27. The number of rotatable bonds is 6. The predicted octanol–water partition coefficient (Wildman–Crippen LogP) is 15.5. The van der Waals surface area contributed by atoms with Crippen molar-refractivity contribution in [3.05, 3.63) is 211 Å². The summed E-state index contributed by atoms with van der Waals surface area (Å²) in [5.74, 6) is 0. The van der Waals surface area contributed by atoms with E-state index in [0.717, 1.165) is 50.1 Å². The first kappa shape index (κ1) is 33.2. The molecule has 1 aliphatic rings. The molecule has 2 nitrogen and oxygen atoms in total. The molecular weight excluding hydrogens is 691 g/mol. The number of fused-ring (bicyclic) bond motifs is 7. The molecule has 0 saturated heterocycles. The van der Waals surface area contributed by atoms with Gasteiger partial charge in [0, 0.05) is 38.8 Å². The molecule has 0 fully saturated rings. The Kier molecular flexibility index (Phi) is 7.55. The van der Waals surface area contributed by atoms with Crippen LogP contribution in [-0.2, 0) is 5.41 Å². The van der Waals surface area contributed by atoms with E-state index in [2.05, 4.69) is 207 Å². The van der Waals surface area contributed by atoms with Crippen LogP contribution in [0.4, 0.5) is 17.1 Å². The molecule has 11 rings (SSSR count). The lowest BCUT2D eigenvalue weighted by molar-refractivity contribution is 0.662. The highest BCUT2D eigenvalue weighted by Gasteiger charge is 2.37. The minimum atomic E-state index is -0.0935. The van der Waals surface area contributed by atoms with Crippen molar-refractivity contribution in [3.63, 3.8) is 0 Å². The van der Waals surface area contributed by atoms with Crippen molar-refractivity contribution in [2.24, 2.45) is 0 Å². The Morgan fingerprint density at radius 2 is 0.947 bits per heavy atom. The van der Waals surface area contributed by atoms with E-state index in [-0.39, 0.29) is 5.41 Å². The molecule has 0 bridgehead atoms. The van der Waals surface area contributed by atoms with Gasteiger partial charge in [0.1, 0.15) is 11.2 Å². The number of anilines is 3. The molecule has 0 radical (unpaired) electrons. The van der Waals surface area contributed by atoms with Crippen LogP contribution in [0.15, 0.2) is 205 Å². The fourth-order valence-electron chi connectivity index (χ4n) is 9.38. The van der Waals surface area contributed by atoms with Crippen LogP contribution in [-0.4, -0.2) is 0 Å². The fraction of sp³-hybridized carbons (Fsp3) is 0.0545. The standard InChI is InChI=1S/C55H39NO/c1-55(2)51-25-7-5-18-47(51)49-23-11-21-45(53(49)55)37-27-31-40(32-28-37)56(42-16-9-15-39(35-42)44-20-10-14-36-13-3-4-17-43(36)44)41-33-29-38(30-34-41)46-22-12-24-50-48-19-6-8-26-52(48)57-54(46)50/h3-35H,1-2H3. The van der Waals surface area contributed by atoms with E-state index in [4.69, 9.17) is 4.42 Å². The molecule has 0 N–H and O–H groups in total. The summed E-state index contributed by atoms with van der Waals surface area (Å²) in [6.45, 7) is 4.72. The summed E-state index contributed by atoms with van der Waals surface area (Å²) in [7, 11) is 0. The Bertz CT molecular complexity index is 3140. The molecule has 0 saturated carbocycles. The second kappa shape index (κ2) is 13.0. The third-order valence-corrected chi connectivity index (χ3v) is 12.1. The molecule has 0 atom stereocenters. The van der Waals surface area contributed by atoms with Crippen molar-refractivity contribution in [1.82, 2.24) is 0 Å². The van der Waals surface area contributed by atoms with Gasteiger partial charge < -0.3 is 9.32 Å². The van der Waals surface area contributed by atoms with Crippen molar-refractivity contribution >= 4 is 49.8 Å². The van der Waals surface area contributed by atoms with Crippen LogP contribution in [0.25, 0.3) is 77.2 Å². The maximum Gasteiger partial charge on any atom is 0.143 e. The molecule has 1 heterocycles. The zero-order chi connectivity index (χ0) is 38.1. The Labute approximate surface area is 332 Å². The van der Waals surface area contributed by atoms with Crippen LogP contribution in [0, 0.1) is 0 Å². The summed E-state index contributed by atoms with van der Waals surface area (Å²) < 4.78 is 6.44. The molecule has 10 aromatic rings. The van der Waals surface area contributed by atoms with Crippen LogP contribution in [0.2, 0.25) is 0 Å². The highest BCUT2D eigenvalue weighted by molar-refractivity contribution is 6.09. The van der Waals surface area contributed by atoms with Gasteiger partial charge >= 0.3 is 0 Å². The van der Waals surface area contributed by atoms with E-state index in [9.17, 15) is 0 Å². The zero-order valence-electron chi connectivity index (χ0n) is 31.9. The van der Waals surface area contributed by atoms with Crippen molar-refractivity contribution in [2.45, 2.75) is 19.3 Å². The van der Waals surface area contributed by atoms with Gasteiger partial charge in [0.2, 0.25) is 0 Å². The molecule has 9 aromatic carbocycles. The Morgan fingerprint density at radius 1 is 0.386 bits per heavy atom. The first-order valence-corrected chi connectivity index (χ1v) is 19.8. The molecular formula is C55H39NO. The van der Waals surface area contributed by atoms with Crippen LogP contribution in [0.1, 0.15) is 25.0 Å². The van der Waals surface area contributed by atoms with Gasteiger partial charge in [0.15, 0.2) is 0 Å². The monoisotopic (exact) mass is 729 g/mol. The van der Waals surface area contributed by atoms with Gasteiger partial charge in [-0.3, -0.25) is 0 Å². The van der Waals surface area contributed by atoms with Crippen molar-refractivity contribution in [1.29, 1.82) is 0 Å². The summed E-state index contributed by atoms with van der Waals surface area (Å²) >= 11 is 0. The maximum absolute atomic E-state index is 6.44. The van der Waals surface area contributed by atoms with E-state index in [1.807, 2.05) is 12.1 Å². The van der Waals surface area contributed by atoms with Gasteiger partial charge in [-0.15, -0.1) is 0 Å². The largest absolute Gasteiger partial charge is 0.455 e. The average Bonchev–Trinajstić information content (AvgIpc) is 3.76. The van der Waals surface area contributed by atoms with E-state index in [1.165, 1.54) is 55.3 Å². The number of para-hydroxylation sites is 2. The topological polar surface area (TPSA) is 16.4 Å². The maximum atomic E-state index is 6.44. The Hall–Kier alpha value is -7.16. The van der Waals surface area contributed by atoms with Crippen LogP contribution in [0.3, 0.4) is 0 Å². The lowest BCUT2D eigenvalue weighted by atomic mass is 9.79. The van der Waals surface area contributed by atoms with Gasteiger partial charge in [-0.2, -0.15) is 0 Å². The van der Waals surface area contributed by atoms with E-state index >= 15 is 0 Å². The first-order chi connectivity index (χ1) is 28.0. The van der Waals surface area contributed by atoms with Crippen LogP contribution < -0.4 is 4.90 Å². The summed E-state index contributed by atoms with van der Waals surface area (Å²) in [5.41, 5.74) is 17.6. The molecule has 0 spiro atoms. The molecule has 2 heteroatoms. The van der Waals surface area contributed by atoms with Gasteiger partial charge in [0.05, 0.1) is 0 Å². The zero-order valence-corrected chi connectivity index (χ0v) is 31.9. The van der Waals surface area contributed by atoms with Gasteiger partial charge in [-0.25, -0.2) is 0 Å². The minimum Gasteiger partial charge on any atom is -0.455 e. The summed E-state index contributed by atoms with van der Waals surface area (Å²) in [4.78, 5) is 2.37. The van der Waals surface area contributed by atoms with Crippen molar-refractivity contribution in [2.75, 3.05) is 4.90 Å². The highest BCUT2D eigenvalue weighted by atomic mass is 16.3. The van der Waals surface area contributed by atoms with Crippen molar-refractivity contribution in [3.8, 4) is 44.5 Å². The second-order valence-electron chi connectivity index (χ2n) is 15.7. The number of hydrogen-bond acceptors (Lipinski definition) is 2. The lowest BCUT2D eigenvalue weighted by Crippen LogP contribution is -2.16. The van der Waals surface area contributed by atoms with E-state index < -0.39 is 0 Å². The quantitative estimate of drug-likeness (QED) is 0.169. The Morgan fingerprint density at radius 3 is 1.77 bits per heavy atom. The molecule has 270 valence electrons. The SMILES string of the molecule is CC1(C)c2ccccc2-c2cccc(-c3ccc(N(c4ccc(-c5cccc6c5oc5ccccc56)cc4)c4cccc(-c5cccc6ccccc56)c4)cc3)c21. The highest BCUT2D eigenvalue weighted by Crippen LogP contribution is 2.52. The summed E-state index contributed by atoms with van der Waals surface area (Å²) in [5, 5.41) is 4.76. The third kappa shape index (κ3) is 5.33. The normalized spacial score (nSPS) is 12.9. The smallest absolute Gasteiger partial charge is 0.143 e. The molecule has 1 aliphatic carbocycles. The second-order valence-corrected chi connectivity index (χ2v) is 15.7. The van der Waals surface area contributed by atoms with Gasteiger partial charge in [0.25, 0.3) is 0 Å². The number of hydrogen-bond donors (Lipinski definition) is 0. The van der Waals surface area contributed by atoms with Crippen LogP contribution >= 0.6 is 0 Å². The Balaban J connectivity index is 1.03. The number of nitrogens with zero attached hydrogens (tertiary/aromatic N) is 1. The molecule has 1 aromatic heterocycles. The molecule has 57 heavy (non-hydrogen) atoms. The molecule has 0 amide bonds. The fourth-order valence-corrected chi connectivity index (χ4v) is 9.38. The number of benzene rings is 9.